The van der Waals surface area contributed by atoms with Crippen LogP contribution in [-0.2, 0) is 22.0 Å². The molecule has 0 bridgehead atoms. The summed E-state index contributed by atoms with van der Waals surface area (Å²) in [5.74, 6) is -0.106. The van der Waals surface area contributed by atoms with Crippen molar-refractivity contribution in [3.63, 3.8) is 0 Å². The summed E-state index contributed by atoms with van der Waals surface area (Å²) < 4.78 is 23.6. The number of ether oxygens (including phenoxy) is 2. The van der Waals surface area contributed by atoms with Gasteiger partial charge in [-0.05, 0) is 103 Å². The molecule has 2 unspecified atom stereocenters. The maximum Gasteiger partial charge on any atom is 0.258 e. The van der Waals surface area contributed by atoms with Crippen LogP contribution in [-0.4, -0.2) is 79.0 Å². The van der Waals surface area contributed by atoms with Gasteiger partial charge in [-0.3, -0.25) is 13.8 Å². The average Bonchev–Trinajstić information content (AvgIpc) is 3.14. The van der Waals surface area contributed by atoms with Gasteiger partial charge in [0, 0.05) is 28.6 Å². The third kappa shape index (κ3) is 8.73. The van der Waals surface area contributed by atoms with Gasteiger partial charge in [0.15, 0.2) is 0 Å². The highest BCUT2D eigenvalue weighted by Gasteiger charge is 2.30. The number of methoxy groups -OCH3 is 2. The minimum Gasteiger partial charge on any atom is -0.497 e. The van der Waals surface area contributed by atoms with Crippen LogP contribution in [0.5, 0.6) is 11.5 Å². The molecule has 1 fully saturated rings. The van der Waals surface area contributed by atoms with Crippen molar-refractivity contribution in [1.29, 1.82) is 5.26 Å². The standard InChI is InChI=1S/C40H45ClN4O5S/c1-5-26-10-11-28(21-35(26)41)30(16-19-44-17-14-27(15-18-44)33-13-12-32(49-2)22-36(33)51(4)48)24-45(25-37(43)46)40(47)38-34-9-7-6-8-29(34)20-31(23-42)39(38)50-3/h6-13,20-22,27,30H,5,14-19,24-25H2,1-4H3,(H2,43,46). The normalized spacial score (nSPS) is 14.8. The van der Waals surface area contributed by atoms with Crippen LogP contribution in [0, 0.1) is 11.3 Å². The third-order valence-electron chi connectivity index (χ3n) is 9.90. The van der Waals surface area contributed by atoms with E-state index in [2.05, 4.69) is 24.0 Å². The molecule has 1 aliphatic rings. The highest BCUT2D eigenvalue weighted by molar-refractivity contribution is 7.84. The van der Waals surface area contributed by atoms with Gasteiger partial charge in [-0.2, -0.15) is 5.26 Å². The molecule has 1 heterocycles. The summed E-state index contributed by atoms with van der Waals surface area (Å²) in [6.45, 7) is 4.43. The van der Waals surface area contributed by atoms with E-state index >= 15 is 0 Å². The lowest BCUT2D eigenvalue weighted by Gasteiger charge is -2.34. The summed E-state index contributed by atoms with van der Waals surface area (Å²) in [7, 11) is 1.91. The van der Waals surface area contributed by atoms with Gasteiger partial charge in [0.2, 0.25) is 5.91 Å². The number of rotatable bonds is 14. The molecule has 2 atom stereocenters. The monoisotopic (exact) mass is 728 g/mol. The molecule has 1 aliphatic heterocycles. The molecule has 2 N–H and O–H groups in total. The van der Waals surface area contributed by atoms with E-state index in [4.69, 9.17) is 26.8 Å². The van der Waals surface area contributed by atoms with Crippen molar-refractivity contribution < 1.29 is 23.3 Å². The average molecular weight is 729 g/mol. The number of hydrogen-bond donors (Lipinski definition) is 1. The lowest BCUT2D eigenvalue weighted by molar-refractivity contribution is -0.118. The lowest BCUT2D eigenvalue weighted by Crippen LogP contribution is -2.42. The number of hydrogen-bond acceptors (Lipinski definition) is 7. The molecular formula is C40H45ClN4O5S. The predicted octanol–water partition coefficient (Wildman–Crippen LogP) is 6.66. The minimum absolute atomic E-state index is 0.164. The summed E-state index contributed by atoms with van der Waals surface area (Å²) in [5, 5.41) is 11.9. The molecular weight excluding hydrogens is 684 g/mol. The Morgan fingerprint density at radius 1 is 1.08 bits per heavy atom. The molecule has 0 aromatic heterocycles. The number of piperidine rings is 1. The van der Waals surface area contributed by atoms with E-state index in [1.54, 1.807) is 19.4 Å². The second-order valence-corrected chi connectivity index (χ2v) is 14.7. The molecule has 0 spiro atoms. The Kier molecular flexibility index (Phi) is 12.7. The number of carbonyl (C=O) groups excluding carboxylic acids is 2. The summed E-state index contributed by atoms with van der Waals surface area (Å²) in [5.41, 5.74) is 9.31. The van der Waals surface area contributed by atoms with Crippen LogP contribution in [0.15, 0.2) is 71.6 Å². The summed E-state index contributed by atoms with van der Waals surface area (Å²) >= 11 is 6.73. The van der Waals surface area contributed by atoms with Crippen molar-refractivity contribution in [3.05, 3.63) is 99.6 Å². The fraction of sp³-hybridized carbons (Fsp3) is 0.375. The molecule has 4 aromatic rings. The number of amides is 2. The van der Waals surface area contributed by atoms with Gasteiger partial charge in [0.05, 0.1) is 42.7 Å². The second-order valence-electron chi connectivity index (χ2n) is 13.0. The Morgan fingerprint density at radius 2 is 1.82 bits per heavy atom. The topological polar surface area (TPSA) is 126 Å². The van der Waals surface area contributed by atoms with Crippen molar-refractivity contribution in [2.24, 2.45) is 5.73 Å². The molecule has 2 amide bonds. The number of nitriles is 1. The molecule has 4 aromatic carbocycles. The zero-order valence-corrected chi connectivity index (χ0v) is 31.2. The van der Waals surface area contributed by atoms with Crippen molar-refractivity contribution in [2.75, 3.05) is 53.2 Å². The van der Waals surface area contributed by atoms with E-state index in [0.29, 0.717) is 33.9 Å². The molecule has 1 saturated heterocycles. The number of benzene rings is 4. The number of nitrogens with zero attached hydrogens (tertiary/aromatic N) is 3. The third-order valence-corrected chi connectivity index (χ3v) is 11.2. The number of primary amides is 1. The number of aryl methyl sites for hydroxylation is 1. The smallest absolute Gasteiger partial charge is 0.258 e. The van der Waals surface area contributed by atoms with Gasteiger partial charge in [0.25, 0.3) is 5.91 Å². The fourth-order valence-electron chi connectivity index (χ4n) is 7.17. The second kappa shape index (κ2) is 17.2. The van der Waals surface area contributed by atoms with Crippen LogP contribution in [0.4, 0.5) is 0 Å². The maximum absolute atomic E-state index is 14.5. The van der Waals surface area contributed by atoms with Crippen molar-refractivity contribution in [2.45, 2.75) is 49.3 Å². The molecule has 11 heteroatoms. The van der Waals surface area contributed by atoms with Crippen molar-refractivity contribution in [3.8, 4) is 17.6 Å². The van der Waals surface area contributed by atoms with Gasteiger partial charge in [-0.25, -0.2) is 0 Å². The van der Waals surface area contributed by atoms with Crippen LogP contribution in [0.3, 0.4) is 0 Å². The highest BCUT2D eigenvalue weighted by Crippen LogP contribution is 2.36. The maximum atomic E-state index is 14.5. The van der Waals surface area contributed by atoms with E-state index in [-0.39, 0.29) is 35.9 Å². The molecule has 9 nitrogen and oxygen atoms in total. The van der Waals surface area contributed by atoms with E-state index in [1.807, 2.05) is 54.6 Å². The molecule has 268 valence electrons. The molecule has 0 saturated carbocycles. The van der Waals surface area contributed by atoms with Crippen LogP contribution in [0.1, 0.15) is 70.6 Å². The quantitative estimate of drug-likeness (QED) is 0.154. The minimum atomic E-state index is -1.13. The Labute approximate surface area is 307 Å². The Hall–Kier alpha value is -4.43. The molecule has 0 radical (unpaired) electrons. The zero-order chi connectivity index (χ0) is 36.7. The summed E-state index contributed by atoms with van der Waals surface area (Å²) in [4.78, 5) is 31.7. The number of halogens is 1. The van der Waals surface area contributed by atoms with E-state index in [0.717, 1.165) is 60.5 Å². The molecule has 5 rings (SSSR count). The Balaban J connectivity index is 1.42. The van der Waals surface area contributed by atoms with Crippen molar-refractivity contribution >= 4 is 45.0 Å². The summed E-state index contributed by atoms with van der Waals surface area (Å²) in [6, 6.07) is 23.1. The molecule has 51 heavy (non-hydrogen) atoms. The summed E-state index contributed by atoms with van der Waals surface area (Å²) in [6.07, 6.45) is 5.03. The van der Waals surface area contributed by atoms with Gasteiger partial charge < -0.3 is 25.0 Å². The highest BCUT2D eigenvalue weighted by atomic mass is 35.5. The number of carbonyl (C=O) groups is 2. The Bertz CT molecular complexity index is 1970. The first-order chi connectivity index (χ1) is 24.6. The SMILES string of the molecule is CCc1ccc(C(CCN2CCC(c3ccc(OC)cc3S(C)=O)CC2)CN(CC(N)=O)C(=O)c2c(OC)c(C#N)cc3ccccc23)cc1Cl. The van der Waals surface area contributed by atoms with Crippen LogP contribution < -0.4 is 15.2 Å². The van der Waals surface area contributed by atoms with Crippen LogP contribution in [0.25, 0.3) is 10.8 Å². The van der Waals surface area contributed by atoms with Crippen LogP contribution in [0.2, 0.25) is 5.02 Å². The molecule has 0 aliphatic carbocycles. The van der Waals surface area contributed by atoms with E-state index < -0.39 is 22.6 Å². The van der Waals surface area contributed by atoms with E-state index in [9.17, 15) is 19.1 Å². The zero-order valence-electron chi connectivity index (χ0n) is 29.6. The van der Waals surface area contributed by atoms with Gasteiger partial charge in [0.1, 0.15) is 17.6 Å². The number of fused-ring (bicyclic) bond motifs is 1. The first-order valence-corrected chi connectivity index (χ1v) is 19.1. The Morgan fingerprint density at radius 3 is 2.45 bits per heavy atom. The van der Waals surface area contributed by atoms with Crippen molar-refractivity contribution in [1.82, 2.24) is 9.80 Å². The van der Waals surface area contributed by atoms with Gasteiger partial charge in [-0.1, -0.05) is 61.0 Å². The predicted molar refractivity (Wildman–Crippen MR) is 202 cm³/mol. The number of likely N-dealkylation sites (tertiary alicyclic amines) is 1. The van der Waals surface area contributed by atoms with Gasteiger partial charge >= 0.3 is 0 Å². The largest absolute Gasteiger partial charge is 0.497 e. The fourth-order valence-corrected chi connectivity index (χ4v) is 8.34. The first-order valence-electron chi connectivity index (χ1n) is 17.2. The van der Waals surface area contributed by atoms with E-state index in [1.165, 1.54) is 12.0 Å². The van der Waals surface area contributed by atoms with Gasteiger partial charge in [-0.15, -0.1) is 0 Å². The first kappa shape index (κ1) is 37.8. The number of nitrogens with two attached hydrogens (primary N) is 1. The van der Waals surface area contributed by atoms with Crippen LogP contribution >= 0.6 is 11.6 Å². The lowest BCUT2D eigenvalue weighted by atomic mass is 9.88.